The number of unbranched alkanes of at least 4 members (excludes halogenated alkanes) is 2. The van der Waals surface area contributed by atoms with Gasteiger partial charge in [0.25, 0.3) is 5.56 Å². The van der Waals surface area contributed by atoms with E-state index in [0.717, 1.165) is 55.2 Å². The van der Waals surface area contributed by atoms with E-state index >= 15 is 0 Å². The molecule has 2 heterocycles. The molecule has 0 N–H and O–H groups in total. The Balaban J connectivity index is 1.78. The van der Waals surface area contributed by atoms with Crippen molar-refractivity contribution in [2.75, 3.05) is 6.61 Å². The van der Waals surface area contributed by atoms with Crippen LogP contribution >= 0.6 is 11.3 Å². The molecule has 0 unspecified atom stereocenters. The average Bonchev–Trinajstić information content (AvgIpc) is 2.93. The monoisotopic (exact) mass is 335 g/mol. The predicted molar refractivity (Wildman–Crippen MR) is 88.8 cm³/mol. The average molecular weight is 335 g/mol. The fraction of sp³-hybridized carbons (Fsp3) is 0.625. The minimum Gasteiger partial charge on any atom is -0.464 e. The molecule has 124 valence electrons. The number of fused-ring (bicyclic) bond motifs is 3. The molecule has 6 nitrogen and oxygen atoms in total. The van der Waals surface area contributed by atoms with Crippen LogP contribution in [-0.4, -0.2) is 27.6 Å². The molecule has 0 bridgehead atoms. The molecule has 3 rings (SSSR count). The van der Waals surface area contributed by atoms with Crippen molar-refractivity contribution in [2.45, 2.75) is 58.4 Å². The third-order valence-electron chi connectivity index (χ3n) is 4.13. The highest BCUT2D eigenvalue weighted by atomic mass is 32.1. The first-order valence-corrected chi connectivity index (χ1v) is 9.06. The van der Waals surface area contributed by atoms with Crippen molar-refractivity contribution in [3.05, 3.63) is 20.8 Å². The van der Waals surface area contributed by atoms with Crippen LogP contribution in [0.4, 0.5) is 0 Å². The van der Waals surface area contributed by atoms with Gasteiger partial charge in [-0.05, 0) is 37.7 Å². The molecule has 0 radical (unpaired) electrons. The van der Waals surface area contributed by atoms with Crippen LogP contribution in [0, 0.1) is 0 Å². The number of ether oxygens (including phenoxy) is 1. The number of hydrogen-bond acceptors (Lipinski definition) is 6. The Morgan fingerprint density at radius 3 is 2.96 bits per heavy atom. The fourth-order valence-corrected chi connectivity index (χ4v) is 4.11. The molecule has 0 aliphatic heterocycles. The molecule has 0 saturated carbocycles. The van der Waals surface area contributed by atoms with Crippen LogP contribution < -0.4 is 5.56 Å². The zero-order valence-corrected chi connectivity index (χ0v) is 14.2. The Hall–Kier alpha value is -1.76. The van der Waals surface area contributed by atoms with E-state index in [2.05, 4.69) is 17.2 Å². The summed E-state index contributed by atoms with van der Waals surface area (Å²) in [5, 5.41) is 8.68. The van der Waals surface area contributed by atoms with E-state index < -0.39 is 5.97 Å². The molecule has 0 fully saturated rings. The summed E-state index contributed by atoms with van der Waals surface area (Å²) in [4.78, 5) is 26.4. The first-order chi connectivity index (χ1) is 11.2. The largest absolute Gasteiger partial charge is 0.464 e. The second kappa shape index (κ2) is 7.21. The molecule has 0 spiro atoms. The Morgan fingerprint density at radius 2 is 2.13 bits per heavy atom. The highest BCUT2D eigenvalue weighted by Crippen LogP contribution is 2.33. The number of carbonyl (C=O) groups excluding carboxylic acids is 1. The van der Waals surface area contributed by atoms with Gasteiger partial charge in [0.1, 0.15) is 6.54 Å². The Labute approximate surface area is 138 Å². The standard InChI is InChI=1S/C16H21N3O3S/c1-2-3-6-9-22-13(20)10-19-16(21)14-11-7-4-5-8-12(11)23-15(14)17-18-19/h2-10H2,1H3. The van der Waals surface area contributed by atoms with E-state index in [1.807, 2.05) is 0 Å². The van der Waals surface area contributed by atoms with Crippen LogP contribution in [0.1, 0.15) is 49.5 Å². The van der Waals surface area contributed by atoms with Gasteiger partial charge in [0.2, 0.25) is 0 Å². The first-order valence-electron chi connectivity index (χ1n) is 8.24. The summed E-state index contributed by atoms with van der Waals surface area (Å²) in [5.74, 6) is -0.430. The first kappa shape index (κ1) is 16.1. The quantitative estimate of drug-likeness (QED) is 0.599. The van der Waals surface area contributed by atoms with Crippen LogP contribution in [0.5, 0.6) is 0 Å². The Bertz CT molecular complexity index is 766. The number of aryl methyl sites for hydroxylation is 2. The topological polar surface area (TPSA) is 74.1 Å². The van der Waals surface area contributed by atoms with Crippen molar-refractivity contribution < 1.29 is 9.53 Å². The van der Waals surface area contributed by atoms with Crippen molar-refractivity contribution >= 4 is 27.5 Å². The van der Waals surface area contributed by atoms with Crippen LogP contribution in [0.2, 0.25) is 0 Å². The molecule has 0 saturated heterocycles. The van der Waals surface area contributed by atoms with Crippen molar-refractivity contribution in [2.24, 2.45) is 0 Å². The van der Waals surface area contributed by atoms with Crippen molar-refractivity contribution in [3.63, 3.8) is 0 Å². The summed E-state index contributed by atoms with van der Waals surface area (Å²) in [5.41, 5.74) is 0.890. The van der Waals surface area contributed by atoms with Gasteiger partial charge in [-0.2, -0.15) is 4.68 Å². The van der Waals surface area contributed by atoms with Crippen LogP contribution in [0.3, 0.4) is 0 Å². The molecular formula is C16H21N3O3S. The normalized spacial score (nSPS) is 14.0. The van der Waals surface area contributed by atoms with E-state index in [1.165, 1.54) is 4.88 Å². The lowest BCUT2D eigenvalue weighted by Crippen LogP contribution is -2.29. The van der Waals surface area contributed by atoms with Gasteiger partial charge in [0.15, 0.2) is 4.83 Å². The number of aromatic nitrogens is 3. The van der Waals surface area contributed by atoms with Gasteiger partial charge in [-0.25, -0.2) is 0 Å². The summed E-state index contributed by atoms with van der Waals surface area (Å²) < 4.78 is 6.28. The molecular weight excluding hydrogens is 314 g/mol. The third kappa shape index (κ3) is 3.44. The minimum atomic E-state index is -0.430. The van der Waals surface area contributed by atoms with E-state index in [0.29, 0.717) is 16.8 Å². The van der Waals surface area contributed by atoms with E-state index in [9.17, 15) is 9.59 Å². The number of rotatable bonds is 6. The number of esters is 1. The maximum atomic E-state index is 12.6. The van der Waals surface area contributed by atoms with Crippen molar-refractivity contribution in [1.29, 1.82) is 0 Å². The van der Waals surface area contributed by atoms with E-state index in [1.54, 1.807) is 11.3 Å². The van der Waals surface area contributed by atoms with Gasteiger partial charge >= 0.3 is 5.97 Å². The van der Waals surface area contributed by atoms with Gasteiger partial charge < -0.3 is 4.74 Å². The van der Waals surface area contributed by atoms with Gasteiger partial charge in [0, 0.05) is 4.88 Å². The number of carbonyl (C=O) groups is 1. The zero-order valence-electron chi connectivity index (χ0n) is 13.3. The SMILES string of the molecule is CCCCCOC(=O)Cn1nnc2sc3c(c2c1=O)CCCC3. The zero-order chi connectivity index (χ0) is 16.2. The highest BCUT2D eigenvalue weighted by Gasteiger charge is 2.21. The molecule has 1 aliphatic carbocycles. The molecule has 2 aromatic rings. The van der Waals surface area contributed by atoms with Gasteiger partial charge in [-0.15, -0.1) is 16.4 Å². The maximum absolute atomic E-state index is 12.6. The minimum absolute atomic E-state index is 0.168. The highest BCUT2D eigenvalue weighted by molar-refractivity contribution is 7.18. The lowest BCUT2D eigenvalue weighted by molar-refractivity contribution is -0.144. The van der Waals surface area contributed by atoms with Crippen molar-refractivity contribution in [1.82, 2.24) is 15.0 Å². The number of nitrogens with zero attached hydrogens (tertiary/aromatic N) is 3. The second-order valence-corrected chi connectivity index (χ2v) is 6.95. The summed E-state index contributed by atoms with van der Waals surface area (Å²) in [7, 11) is 0. The lowest BCUT2D eigenvalue weighted by Gasteiger charge is -2.10. The summed E-state index contributed by atoms with van der Waals surface area (Å²) in [6.07, 6.45) is 7.13. The van der Waals surface area contributed by atoms with Crippen LogP contribution in [-0.2, 0) is 28.9 Å². The molecule has 23 heavy (non-hydrogen) atoms. The van der Waals surface area contributed by atoms with E-state index in [4.69, 9.17) is 4.74 Å². The lowest BCUT2D eigenvalue weighted by atomic mass is 9.97. The fourth-order valence-electron chi connectivity index (χ4n) is 2.92. The smallest absolute Gasteiger partial charge is 0.327 e. The molecule has 7 heteroatoms. The van der Waals surface area contributed by atoms with Gasteiger partial charge in [0.05, 0.1) is 12.0 Å². The Morgan fingerprint density at radius 1 is 1.30 bits per heavy atom. The number of hydrogen-bond donors (Lipinski definition) is 0. The summed E-state index contributed by atoms with van der Waals surface area (Å²) >= 11 is 1.56. The van der Waals surface area contributed by atoms with Gasteiger partial charge in [-0.1, -0.05) is 25.0 Å². The van der Waals surface area contributed by atoms with Gasteiger partial charge in [-0.3, -0.25) is 9.59 Å². The molecule has 0 aromatic carbocycles. The van der Waals surface area contributed by atoms with Crippen LogP contribution in [0.25, 0.3) is 10.2 Å². The summed E-state index contributed by atoms with van der Waals surface area (Å²) in [6, 6.07) is 0. The van der Waals surface area contributed by atoms with E-state index in [-0.39, 0.29) is 12.1 Å². The predicted octanol–water partition coefficient (Wildman–Crippen LogP) is 2.47. The molecule has 0 atom stereocenters. The van der Waals surface area contributed by atoms with Crippen molar-refractivity contribution in [3.8, 4) is 0 Å². The maximum Gasteiger partial charge on any atom is 0.327 e. The van der Waals surface area contributed by atoms with Crippen LogP contribution in [0.15, 0.2) is 4.79 Å². The molecule has 0 amide bonds. The Kier molecular flexibility index (Phi) is 5.05. The molecule has 2 aromatic heterocycles. The molecule has 1 aliphatic rings. The number of thiophene rings is 1. The second-order valence-electron chi connectivity index (χ2n) is 5.87. The third-order valence-corrected chi connectivity index (χ3v) is 5.31. The summed E-state index contributed by atoms with van der Waals surface area (Å²) in [6.45, 7) is 2.32.